The van der Waals surface area contributed by atoms with Gasteiger partial charge in [-0.2, -0.15) is 11.8 Å². The SMILES string of the molecule is COc1ccc(NC(=O)CCSCc2ccccn2)cc1N. The molecule has 0 saturated carbocycles. The molecule has 1 aromatic carbocycles. The van der Waals surface area contributed by atoms with E-state index in [2.05, 4.69) is 10.3 Å². The Morgan fingerprint density at radius 3 is 2.91 bits per heavy atom. The molecule has 2 aromatic rings. The number of hydrogen-bond donors (Lipinski definition) is 2. The molecule has 1 aromatic heterocycles. The minimum Gasteiger partial charge on any atom is -0.495 e. The molecular formula is C16H19N3O2S. The van der Waals surface area contributed by atoms with Crippen LogP contribution in [-0.4, -0.2) is 23.8 Å². The van der Waals surface area contributed by atoms with Gasteiger partial charge in [0.05, 0.1) is 18.5 Å². The first-order valence-corrected chi connectivity index (χ1v) is 8.05. The molecule has 0 aliphatic carbocycles. The zero-order valence-electron chi connectivity index (χ0n) is 12.4. The van der Waals surface area contributed by atoms with Crippen LogP contribution in [0.15, 0.2) is 42.6 Å². The van der Waals surface area contributed by atoms with Gasteiger partial charge in [-0.15, -0.1) is 0 Å². The number of pyridine rings is 1. The largest absolute Gasteiger partial charge is 0.495 e. The van der Waals surface area contributed by atoms with Gasteiger partial charge in [0, 0.05) is 29.8 Å². The number of anilines is 2. The van der Waals surface area contributed by atoms with Crippen LogP contribution in [0.1, 0.15) is 12.1 Å². The van der Waals surface area contributed by atoms with E-state index in [-0.39, 0.29) is 5.91 Å². The molecule has 5 nitrogen and oxygen atoms in total. The second-order valence-electron chi connectivity index (χ2n) is 4.63. The van der Waals surface area contributed by atoms with Gasteiger partial charge in [-0.05, 0) is 30.3 Å². The molecule has 0 atom stereocenters. The maximum atomic E-state index is 11.9. The van der Waals surface area contributed by atoms with E-state index in [0.29, 0.717) is 23.5 Å². The van der Waals surface area contributed by atoms with Gasteiger partial charge < -0.3 is 15.8 Å². The minimum atomic E-state index is -0.0295. The summed E-state index contributed by atoms with van der Waals surface area (Å²) in [6.45, 7) is 0. The van der Waals surface area contributed by atoms with Gasteiger partial charge in [0.15, 0.2) is 0 Å². The molecule has 0 saturated heterocycles. The van der Waals surface area contributed by atoms with Crippen molar-refractivity contribution in [2.24, 2.45) is 0 Å². The molecule has 0 aliphatic heterocycles. The number of rotatable bonds is 7. The molecule has 1 amide bonds. The Bertz CT molecular complexity index is 620. The fraction of sp³-hybridized carbons (Fsp3) is 0.250. The average Bonchev–Trinajstić information content (AvgIpc) is 2.53. The Labute approximate surface area is 134 Å². The third-order valence-corrected chi connectivity index (χ3v) is 3.96. The van der Waals surface area contributed by atoms with Crippen LogP contribution in [0.3, 0.4) is 0 Å². The van der Waals surface area contributed by atoms with Gasteiger partial charge in [-0.3, -0.25) is 9.78 Å². The van der Waals surface area contributed by atoms with Gasteiger partial charge in [-0.25, -0.2) is 0 Å². The van der Waals surface area contributed by atoms with Crippen LogP contribution in [0.4, 0.5) is 11.4 Å². The number of methoxy groups -OCH3 is 1. The highest BCUT2D eigenvalue weighted by Gasteiger charge is 2.05. The first-order valence-electron chi connectivity index (χ1n) is 6.90. The third kappa shape index (κ3) is 4.96. The number of nitrogen functional groups attached to an aromatic ring is 1. The average molecular weight is 317 g/mol. The van der Waals surface area contributed by atoms with Crippen LogP contribution in [0.5, 0.6) is 5.75 Å². The van der Waals surface area contributed by atoms with Crippen LogP contribution in [0.2, 0.25) is 0 Å². The predicted molar refractivity (Wildman–Crippen MR) is 91.1 cm³/mol. The van der Waals surface area contributed by atoms with Gasteiger partial charge in [0.1, 0.15) is 5.75 Å². The standard InChI is InChI=1S/C16H19N3O2S/c1-21-15-6-5-12(10-14(15)17)19-16(20)7-9-22-11-13-4-2-3-8-18-13/h2-6,8,10H,7,9,11,17H2,1H3,(H,19,20). The zero-order chi connectivity index (χ0) is 15.8. The van der Waals surface area contributed by atoms with Crippen LogP contribution in [0, 0.1) is 0 Å². The molecule has 0 spiro atoms. The molecule has 22 heavy (non-hydrogen) atoms. The number of aromatic nitrogens is 1. The second kappa shape index (κ2) is 8.29. The van der Waals surface area contributed by atoms with Crippen LogP contribution >= 0.6 is 11.8 Å². The number of ether oxygens (including phenoxy) is 1. The Kier molecular flexibility index (Phi) is 6.09. The van der Waals surface area contributed by atoms with Crippen molar-refractivity contribution in [2.45, 2.75) is 12.2 Å². The van der Waals surface area contributed by atoms with Crippen LogP contribution < -0.4 is 15.8 Å². The highest BCUT2D eigenvalue weighted by Crippen LogP contribution is 2.24. The van der Waals surface area contributed by atoms with Crippen molar-refractivity contribution in [3.8, 4) is 5.75 Å². The Morgan fingerprint density at radius 2 is 2.23 bits per heavy atom. The summed E-state index contributed by atoms with van der Waals surface area (Å²) in [6.07, 6.45) is 2.22. The second-order valence-corrected chi connectivity index (χ2v) is 5.73. The molecule has 0 fully saturated rings. The molecule has 116 valence electrons. The molecule has 0 bridgehead atoms. The quantitative estimate of drug-likeness (QED) is 0.606. The van der Waals surface area contributed by atoms with Crippen molar-refractivity contribution in [3.63, 3.8) is 0 Å². The number of hydrogen-bond acceptors (Lipinski definition) is 5. The van der Waals surface area contributed by atoms with Crippen LogP contribution in [0.25, 0.3) is 0 Å². The minimum absolute atomic E-state index is 0.0295. The number of nitrogens with zero attached hydrogens (tertiary/aromatic N) is 1. The normalized spacial score (nSPS) is 10.2. The van der Waals surface area contributed by atoms with Crippen molar-refractivity contribution in [1.82, 2.24) is 4.98 Å². The van der Waals surface area contributed by atoms with Gasteiger partial charge >= 0.3 is 0 Å². The number of carbonyl (C=O) groups is 1. The fourth-order valence-corrected chi connectivity index (χ4v) is 2.71. The lowest BCUT2D eigenvalue weighted by Gasteiger charge is -2.08. The summed E-state index contributed by atoms with van der Waals surface area (Å²) < 4.78 is 5.08. The first kappa shape index (κ1) is 16.2. The summed E-state index contributed by atoms with van der Waals surface area (Å²) >= 11 is 1.69. The smallest absolute Gasteiger partial charge is 0.225 e. The molecule has 0 aliphatic rings. The molecular weight excluding hydrogens is 298 g/mol. The summed E-state index contributed by atoms with van der Waals surface area (Å²) in [5.41, 5.74) is 8.01. The van der Waals surface area contributed by atoms with E-state index in [1.165, 1.54) is 0 Å². The van der Waals surface area contributed by atoms with Crippen molar-refractivity contribution in [3.05, 3.63) is 48.3 Å². The summed E-state index contributed by atoms with van der Waals surface area (Å²) in [6, 6.07) is 11.0. The lowest BCUT2D eigenvalue weighted by molar-refractivity contribution is -0.115. The molecule has 3 N–H and O–H groups in total. The number of nitrogens with two attached hydrogens (primary N) is 1. The Hall–Kier alpha value is -2.21. The van der Waals surface area contributed by atoms with E-state index < -0.39 is 0 Å². The summed E-state index contributed by atoms with van der Waals surface area (Å²) in [5, 5.41) is 2.83. The number of amides is 1. The van der Waals surface area contributed by atoms with E-state index in [9.17, 15) is 4.79 Å². The van der Waals surface area contributed by atoms with Gasteiger partial charge in [0.25, 0.3) is 0 Å². The summed E-state index contributed by atoms with van der Waals surface area (Å²) in [5.74, 6) is 2.12. The number of thioether (sulfide) groups is 1. The summed E-state index contributed by atoms with van der Waals surface area (Å²) in [4.78, 5) is 16.1. The maximum Gasteiger partial charge on any atom is 0.225 e. The van der Waals surface area contributed by atoms with E-state index in [4.69, 9.17) is 10.5 Å². The van der Waals surface area contributed by atoms with E-state index in [1.54, 1.807) is 43.3 Å². The Morgan fingerprint density at radius 1 is 1.36 bits per heavy atom. The molecule has 6 heteroatoms. The number of nitrogens with one attached hydrogen (secondary N) is 1. The highest BCUT2D eigenvalue weighted by atomic mass is 32.2. The van der Waals surface area contributed by atoms with Gasteiger partial charge in [0.2, 0.25) is 5.91 Å². The lowest BCUT2D eigenvalue weighted by Crippen LogP contribution is -2.12. The summed E-state index contributed by atoms with van der Waals surface area (Å²) in [7, 11) is 1.56. The third-order valence-electron chi connectivity index (χ3n) is 2.96. The predicted octanol–water partition coefficient (Wildman–Crippen LogP) is 2.93. The van der Waals surface area contributed by atoms with Crippen molar-refractivity contribution in [2.75, 3.05) is 23.9 Å². The molecule has 0 unspecified atom stereocenters. The first-order chi connectivity index (χ1) is 10.7. The van der Waals surface area contributed by atoms with E-state index in [0.717, 1.165) is 17.2 Å². The number of benzene rings is 1. The van der Waals surface area contributed by atoms with Crippen molar-refractivity contribution in [1.29, 1.82) is 0 Å². The van der Waals surface area contributed by atoms with Crippen LogP contribution in [-0.2, 0) is 10.5 Å². The molecule has 2 rings (SSSR count). The highest BCUT2D eigenvalue weighted by molar-refractivity contribution is 7.98. The van der Waals surface area contributed by atoms with Crippen molar-refractivity contribution < 1.29 is 9.53 Å². The molecule has 1 heterocycles. The lowest BCUT2D eigenvalue weighted by atomic mass is 10.2. The zero-order valence-corrected chi connectivity index (χ0v) is 13.2. The van der Waals surface area contributed by atoms with Gasteiger partial charge in [-0.1, -0.05) is 6.07 Å². The topological polar surface area (TPSA) is 77.2 Å². The Balaban J connectivity index is 1.73. The molecule has 0 radical (unpaired) electrons. The monoisotopic (exact) mass is 317 g/mol. The number of carbonyl (C=O) groups excluding carboxylic acids is 1. The van der Waals surface area contributed by atoms with E-state index >= 15 is 0 Å². The van der Waals surface area contributed by atoms with E-state index in [1.807, 2.05) is 18.2 Å². The fourth-order valence-electron chi connectivity index (χ4n) is 1.86. The maximum absolute atomic E-state index is 11.9. The van der Waals surface area contributed by atoms with Crippen molar-refractivity contribution >= 4 is 29.0 Å².